The lowest BCUT2D eigenvalue weighted by molar-refractivity contribution is -0.132. The lowest BCUT2D eigenvalue weighted by atomic mass is 10.0. The van der Waals surface area contributed by atoms with Crippen molar-refractivity contribution in [1.29, 1.82) is 0 Å². The van der Waals surface area contributed by atoms with Crippen LogP contribution in [0.4, 0.5) is 5.69 Å². The topological polar surface area (TPSA) is 62.6 Å². The molecule has 0 spiro atoms. The van der Waals surface area contributed by atoms with E-state index in [1.165, 1.54) is 5.56 Å². The summed E-state index contributed by atoms with van der Waals surface area (Å²) < 4.78 is 6.20. The summed E-state index contributed by atoms with van der Waals surface area (Å²) in [5, 5.41) is 4.99. The molecule has 0 radical (unpaired) electrons. The van der Waals surface area contributed by atoms with Crippen LogP contribution in [0.25, 0.3) is 22.1 Å². The second-order valence-corrected chi connectivity index (χ2v) is 9.67. The first kappa shape index (κ1) is 23.7. The summed E-state index contributed by atoms with van der Waals surface area (Å²) in [6.07, 6.45) is 1.95. The van der Waals surface area contributed by atoms with E-state index in [-0.39, 0.29) is 11.8 Å². The van der Waals surface area contributed by atoms with E-state index >= 15 is 0 Å². The van der Waals surface area contributed by atoms with E-state index < -0.39 is 0 Å². The first-order valence-electron chi connectivity index (χ1n) is 13.0. The number of amides is 2. The van der Waals surface area contributed by atoms with E-state index in [2.05, 4.69) is 17.4 Å². The summed E-state index contributed by atoms with van der Waals surface area (Å²) in [4.78, 5) is 27.9. The quantitative estimate of drug-likeness (QED) is 0.277. The fraction of sp³-hybridized carbons (Fsp3) is 0.152. The van der Waals surface area contributed by atoms with Gasteiger partial charge >= 0.3 is 0 Å². The van der Waals surface area contributed by atoms with Gasteiger partial charge in [-0.2, -0.15) is 0 Å². The van der Waals surface area contributed by atoms with Crippen LogP contribution in [0.3, 0.4) is 0 Å². The summed E-state index contributed by atoms with van der Waals surface area (Å²) in [7, 11) is 0. The molecule has 1 aromatic heterocycles. The third kappa shape index (κ3) is 4.96. The van der Waals surface area contributed by atoms with Crippen molar-refractivity contribution in [2.75, 3.05) is 11.9 Å². The third-order valence-corrected chi connectivity index (χ3v) is 7.13. The minimum absolute atomic E-state index is 0.151. The molecular weight excluding hydrogens is 472 g/mol. The average molecular weight is 501 g/mol. The Bertz CT molecular complexity index is 1610. The van der Waals surface area contributed by atoms with E-state index in [0.29, 0.717) is 37.2 Å². The molecule has 0 saturated carbocycles. The summed E-state index contributed by atoms with van der Waals surface area (Å²) in [5.41, 5.74) is 4.45. The van der Waals surface area contributed by atoms with E-state index in [0.717, 1.165) is 39.8 Å². The van der Waals surface area contributed by atoms with Crippen LogP contribution in [-0.2, 0) is 24.2 Å². The predicted octanol–water partition coefficient (Wildman–Crippen LogP) is 6.87. The zero-order chi connectivity index (χ0) is 25.9. The standard InChI is InChI=1S/C33H28N2O3/c36-32(17-16-23-8-2-1-3-9-23)35-19-18-30-26(22-35)21-31(38-30)25-12-6-13-27(20-25)34-33(37)29-15-7-11-24-10-4-5-14-28(24)29/h1-15,20-21H,16-19,22H2,(H,34,37). The number of carbonyl (C=O) groups excluding carboxylic acids is 2. The summed E-state index contributed by atoms with van der Waals surface area (Å²) >= 11 is 0. The smallest absolute Gasteiger partial charge is 0.256 e. The van der Waals surface area contributed by atoms with Crippen LogP contribution in [0.5, 0.6) is 0 Å². The van der Waals surface area contributed by atoms with Gasteiger partial charge in [-0.05, 0) is 47.0 Å². The fourth-order valence-corrected chi connectivity index (χ4v) is 5.11. The van der Waals surface area contributed by atoms with Gasteiger partial charge in [-0.25, -0.2) is 0 Å². The van der Waals surface area contributed by atoms with Crippen LogP contribution in [0.1, 0.15) is 33.7 Å². The molecule has 4 aromatic carbocycles. The molecule has 1 N–H and O–H groups in total. The maximum Gasteiger partial charge on any atom is 0.256 e. The van der Waals surface area contributed by atoms with Crippen LogP contribution >= 0.6 is 0 Å². The Labute approximate surface area is 221 Å². The molecule has 0 aliphatic carbocycles. The van der Waals surface area contributed by atoms with Crippen LogP contribution in [0.2, 0.25) is 0 Å². The lowest BCUT2D eigenvalue weighted by Crippen LogP contribution is -2.35. The normalized spacial score (nSPS) is 12.8. The van der Waals surface area contributed by atoms with Gasteiger partial charge in [0.25, 0.3) is 5.91 Å². The summed E-state index contributed by atoms with van der Waals surface area (Å²) in [5.74, 6) is 1.69. The fourth-order valence-electron chi connectivity index (χ4n) is 5.11. The number of carbonyl (C=O) groups is 2. The molecule has 0 atom stereocenters. The van der Waals surface area contributed by atoms with Crippen molar-refractivity contribution < 1.29 is 14.0 Å². The van der Waals surface area contributed by atoms with Crippen LogP contribution in [0.15, 0.2) is 108 Å². The molecular formula is C33H28N2O3. The highest BCUT2D eigenvalue weighted by Gasteiger charge is 2.24. The highest BCUT2D eigenvalue weighted by molar-refractivity contribution is 6.13. The van der Waals surface area contributed by atoms with E-state index in [1.807, 2.05) is 95.9 Å². The first-order valence-corrected chi connectivity index (χ1v) is 13.0. The van der Waals surface area contributed by atoms with Crippen molar-refractivity contribution in [3.05, 3.63) is 126 Å². The molecule has 0 fully saturated rings. The van der Waals surface area contributed by atoms with Gasteiger partial charge in [-0.3, -0.25) is 9.59 Å². The molecule has 1 aliphatic rings. The summed E-state index contributed by atoms with van der Waals surface area (Å²) in [6, 6.07) is 33.4. The Morgan fingerprint density at radius 3 is 2.53 bits per heavy atom. The molecule has 1 aliphatic heterocycles. The Morgan fingerprint density at radius 2 is 1.63 bits per heavy atom. The lowest BCUT2D eigenvalue weighted by Gasteiger charge is -2.26. The van der Waals surface area contributed by atoms with Gasteiger partial charge in [0.2, 0.25) is 5.91 Å². The highest BCUT2D eigenvalue weighted by atomic mass is 16.3. The number of nitrogens with one attached hydrogen (secondary N) is 1. The van der Waals surface area contributed by atoms with Crippen LogP contribution < -0.4 is 5.32 Å². The van der Waals surface area contributed by atoms with Gasteiger partial charge in [-0.1, -0.05) is 78.9 Å². The number of anilines is 1. The SMILES string of the molecule is O=C(Nc1cccc(-c2cc3c(o2)CCN(C(=O)CCc2ccccc2)C3)c1)c1cccc2ccccc12. The number of rotatable bonds is 6. The molecule has 188 valence electrons. The maximum absolute atomic E-state index is 13.1. The Morgan fingerprint density at radius 1 is 0.842 bits per heavy atom. The number of furan rings is 1. The van der Waals surface area contributed by atoms with Crippen molar-refractivity contribution in [3.8, 4) is 11.3 Å². The molecule has 2 heterocycles. The summed E-state index contributed by atoms with van der Waals surface area (Å²) in [6.45, 7) is 1.22. The maximum atomic E-state index is 13.1. The second kappa shape index (κ2) is 10.4. The van der Waals surface area contributed by atoms with E-state index in [4.69, 9.17) is 4.42 Å². The van der Waals surface area contributed by atoms with E-state index in [9.17, 15) is 9.59 Å². The largest absolute Gasteiger partial charge is 0.461 e. The molecule has 0 bridgehead atoms. The monoisotopic (exact) mass is 500 g/mol. The number of aryl methyl sites for hydroxylation is 1. The number of hydrogen-bond donors (Lipinski definition) is 1. The van der Waals surface area contributed by atoms with Crippen LogP contribution in [-0.4, -0.2) is 23.3 Å². The second-order valence-electron chi connectivity index (χ2n) is 9.67. The molecule has 5 aromatic rings. The number of nitrogens with zero attached hydrogens (tertiary/aromatic N) is 1. The van der Waals surface area contributed by atoms with Crippen molar-refractivity contribution >= 4 is 28.3 Å². The zero-order valence-corrected chi connectivity index (χ0v) is 21.0. The van der Waals surface area contributed by atoms with Gasteiger partial charge in [0, 0.05) is 48.3 Å². The van der Waals surface area contributed by atoms with Crippen molar-refractivity contribution in [2.24, 2.45) is 0 Å². The van der Waals surface area contributed by atoms with Gasteiger partial charge in [0.15, 0.2) is 0 Å². The van der Waals surface area contributed by atoms with Crippen LogP contribution in [0, 0.1) is 0 Å². The molecule has 38 heavy (non-hydrogen) atoms. The molecule has 2 amide bonds. The molecule has 0 saturated heterocycles. The number of fused-ring (bicyclic) bond motifs is 2. The number of benzene rings is 4. The zero-order valence-electron chi connectivity index (χ0n) is 21.0. The van der Waals surface area contributed by atoms with Gasteiger partial charge in [0.1, 0.15) is 11.5 Å². The Balaban J connectivity index is 1.15. The third-order valence-electron chi connectivity index (χ3n) is 7.13. The Kier molecular flexibility index (Phi) is 6.49. The van der Waals surface area contributed by atoms with Crippen molar-refractivity contribution in [3.63, 3.8) is 0 Å². The molecule has 0 unspecified atom stereocenters. The van der Waals surface area contributed by atoms with Gasteiger partial charge in [-0.15, -0.1) is 0 Å². The molecule has 5 nitrogen and oxygen atoms in total. The highest BCUT2D eigenvalue weighted by Crippen LogP contribution is 2.31. The minimum atomic E-state index is -0.151. The van der Waals surface area contributed by atoms with E-state index in [1.54, 1.807) is 0 Å². The van der Waals surface area contributed by atoms with Gasteiger partial charge in [0.05, 0.1) is 0 Å². The molecule has 5 heteroatoms. The number of hydrogen-bond acceptors (Lipinski definition) is 3. The van der Waals surface area contributed by atoms with Crippen molar-refractivity contribution in [2.45, 2.75) is 25.8 Å². The molecule has 6 rings (SSSR count). The Hall–Kier alpha value is -4.64. The van der Waals surface area contributed by atoms with Gasteiger partial charge < -0.3 is 14.6 Å². The predicted molar refractivity (Wildman–Crippen MR) is 150 cm³/mol. The van der Waals surface area contributed by atoms with Crippen molar-refractivity contribution in [1.82, 2.24) is 4.90 Å². The average Bonchev–Trinajstić information content (AvgIpc) is 3.40. The minimum Gasteiger partial charge on any atom is -0.461 e. The first-order chi connectivity index (χ1) is 18.6.